The molecule has 0 spiro atoms. The van der Waals surface area contributed by atoms with Crippen molar-refractivity contribution in [2.24, 2.45) is 7.05 Å². The zero-order chi connectivity index (χ0) is 17.2. The number of piperazine rings is 1. The maximum Gasteiger partial charge on any atom is 0.234 e. The first-order valence-electron chi connectivity index (χ1n) is 8.75. The molecular formula is C17H23N7O. The van der Waals surface area contributed by atoms with Crippen molar-refractivity contribution in [3.63, 3.8) is 0 Å². The zero-order valence-corrected chi connectivity index (χ0v) is 14.4. The molecule has 1 aliphatic carbocycles. The van der Waals surface area contributed by atoms with Crippen LogP contribution in [0.3, 0.4) is 0 Å². The normalized spacial score (nSPS) is 18.4. The predicted octanol–water partition coefficient (Wildman–Crippen LogP) is 0.278. The Kier molecular flexibility index (Phi) is 4.35. The van der Waals surface area contributed by atoms with Gasteiger partial charge in [-0.1, -0.05) is 0 Å². The summed E-state index contributed by atoms with van der Waals surface area (Å²) in [4.78, 5) is 25.4. The summed E-state index contributed by atoms with van der Waals surface area (Å²) < 4.78 is 1.76. The molecule has 0 unspecified atom stereocenters. The Morgan fingerprint density at radius 2 is 2.00 bits per heavy atom. The van der Waals surface area contributed by atoms with Gasteiger partial charge in [0.05, 0.1) is 30.8 Å². The molecule has 3 heterocycles. The number of aromatic nitrogens is 4. The van der Waals surface area contributed by atoms with E-state index in [0.29, 0.717) is 12.6 Å². The first-order chi connectivity index (χ1) is 12.2. The van der Waals surface area contributed by atoms with Crippen LogP contribution >= 0.6 is 0 Å². The quantitative estimate of drug-likeness (QED) is 0.841. The molecule has 1 amide bonds. The summed E-state index contributed by atoms with van der Waals surface area (Å²) >= 11 is 0. The van der Waals surface area contributed by atoms with Crippen LogP contribution in [0.1, 0.15) is 12.8 Å². The summed E-state index contributed by atoms with van der Waals surface area (Å²) in [6.07, 6.45) is 9.56. The van der Waals surface area contributed by atoms with E-state index in [0.717, 1.165) is 56.1 Å². The summed E-state index contributed by atoms with van der Waals surface area (Å²) in [6.45, 7) is 3.91. The molecule has 1 saturated heterocycles. The minimum atomic E-state index is 0.148. The summed E-state index contributed by atoms with van der Waals surface area (Å²) in [5, 5.41) is 7.24. The molecule has 2 aromatic heterocycles. The van der Waals surface area contributed by atoms with Crippen molar-refractivity contribution in [2.45, 2.75) is 18.9 Å². The van der Waals surface area contributed by atoms with Crippen LogP contribution in [0.25, 0.3) is 11.3 Å². The second kappa shape index (κ2) is 6.79. The van der Waals surface area contributed by atoms with E-state index in [-0.39, 0.29) is 5.91 Å². The van der Waals surface area contributed by atoms with Crippen LogP contribution in [0.5, 0.6) is 0 Å². The Hall–Kier alpha value is -2.48. The molecule has 0 aromatic carbocycles. The molecule has 2 fully saturated rings. The van der Waals surface area contributed by atoms with E-state index in [2.05, 4.69) is 25.2 Å². The van der Waals surface area contributed by atoms with Crippen molar-refractivity contribution in [3.8, 4) is 11.3 Å². The van der Waals surface area contributed by atoms with Gasteiger partial charge < -0.3 is 10.2 Å². The monoisotopic (exact) mass is 341 g/mol. The van der Waals surface area contributed by atoms with Gasteiger partial charge in [0.2, 0.25) is 5.91 Å². The standard InChI is InChI=1S/C17H23N7O/c1-22-11-13(8-19-22)15-9-18-10-16(21-15)24-6-4-23(5-7-24)12-17(25)20-14-2-3-14/h8-11,14H,2-7,12H2,1H3,(H,20,25). The van der Waals surface area contributed by atoms with Gasteiger partial charge in [0, 0.05) is 51.0 Å². The molecule has 0 bridgehead atoms. The van der Waals surface area contributed by atoms with Crippen LogP contribution in [0, 0.1) is 0 Å². The van der Waals surface area contributed by atoms with E-state index >= 15 is 0 Å². The average Bonchev–Trinajstić information content (AvgIpc) is 3.32. The Bertz CT molecular complexity index is 747. The Morgan fingerprint density at radius 1 is 1.20 bits per heavy atom. The molecule has 1 N–H and O–H groups in total. The van der Waals surface area contributed by atoms with E-state index in [4.69, 9.17) is 4.98 Å². The van der Waals surface area contributed by atoms with Crippen LogP contribution in [0.15, 0.2) is 24.8 Å². The molecule has 0 radical (unpaired) electrons. The summed E-state index contributed by atoms with van der Waals surface area (Å²) in [7, 11) is 1.89. The number of rotatable bonds is 5. The summed E-state index contributed by atoms with van der Waals surface area (Å²) in [6, 6.07) is 0.430. The minimum absolute atomic E-state index is 0.148. The number of hydrogen-bond donors (Lipinski definition) is 1. The van der Waals surface area contributed by atoms with Crippen LogP contribution < -0.4 is 10.2 Å². The van der Waals surface area contributed by atoms with Gasteiger partial charge in [-0.25, -0.2) is 4.98 Å². The molecule has 0 atom stereocenters. The number of aryl methyl sites for hydroxylation is 1. The predicted molar refractivity (Wildman–Crippen MR) is 94.1 cm³/mol. The van der Waals surface area contributed by atoms with E-state index < -0.39 is 0 Å². The van der Waals surface area contributed by atoms with Gasteiger partial charge in [-0.3, -0.25) is 19.4 Å². The number of carbonyl (C=O) groups excluding carboxylic acids is 1. The maximum atomic E-state index is 11.9. The van der Waals surface area contributed by atoms with Gasteiger partial charge in [-0.15, -0.1) is 0 Å². The SMILES string of the molecule is Cn1cc(-c2cncc(N3CCN(CC(=O)NC4CC4)CC3)n2)cn1. The van der Waals surface area contributed by atoms with E-state index in [9.17, 15) is 4.79 Å². The van der Waals surface area contributed by atoms with Crippen LogP contribution in [-0.4, -0.2) is 69.3 Å². The van der Waals surface area contributed by atoms with Gasteiger partial charge in [-0.05, 0) is 12.8 Å². The largest absolute Gasteiger partial charge is 0.353 e. The number of carbonyl (C=O) groups is 1. The molecule has 25 heavy (non-hydrogen) atoms. The third-order valence-corrected chi connectivity index (χ3v) is 4.63. The second-order valence-electron chi connectivity index (χ2n) is 6.77. The molecule has 1 aliphatic heterocycles. The Balaban J connectivity index is 1.35. The fraction of sp³-hybridized carbons (Fsp3) is 0.529. The van der Waals surface area contributed by atoms with Crippen molar-refractivity contribution in [2.75, 3.05) is 37.6 Å². The van der Waals surface area contributed by atoms with Gasteiger partial charge in [0.25, 0.3) is 0 Å². The van der Waals surface area contributed by atoms with Crippen LogP contribution in [0.4, 0.5) is 5.82 Å². The first kappa shape index (κ1) is 16.0. The fourth-order valence-corrected chi connectivity index (χ4v) is 3.04. The van der Waals surface area contributed by atoms with Gasteiger partial charge in [0.15, 0.2) is 0 Å². The van der Waals surface area contributed by atoms with Crippen LogP contribution in [0.2, 0.25) is 0 Å². The smallest absolute Gasteiger partial charge is 0.234 e. The second-order valence-corrected chi connectivity index (χ2v) is 6.77. The summed E-state index contributed by atoms with van der Waals surface area (Å²) in [5.74, 6) is 1.03. The first-order valence-corrected chi connectivity index (χ1v) is 8.75. The molecule has 1 saturated carbocycles. The van der Waals surface area contributed by atoms with Crippen molar-refractivity contribution in [1.82, 2.24) is 30.0 Å². The van der Waals surface area contributed by atoms with Gasteiger partial charge in [0.1, 0.15) is 5.82 Å². The topological polar surface area (TPSA) is 79.2 Å². The third-order valence-electron chi connectivity index (χ3n) is 4.63. The maximum absolute atomic E-state index is 11.9. The molecule has 132 valence electrons. The molecule has 8 heteroatoms. The summed E-state index contributed by atoms with van der Waals surface area (Å²) in [5.41, 5.74) is 1.80. The van der Waals surface area contributed by atoms with Gasteiger partial charge in [-0.2, -0.15) is 5.10 Å². The highest BCUT2D eigenvalue weighted by atomic mass is 16.2. The number of nitrogens with one attached hydrogen (secondary N) is 1. The Morgan fingerprint density at radius 3 is 2.68 bits per heavy atom. The lowest BCUT2D eigenvalue weighted by molar-refractivity contribution is -0.122. The third kappa shape index (κ3) is 3.96. The lowest BCUT2D eigenvalue weighted by Gasteiger charge is -2.34. The van der Waals surface area contributed by atoms with E-state index in [1.807, 2.05) is 13.2 Å². The average molecular weight is 341 g/mol. The molecule has 4 rings (SSSR count). The Labute approximate surface area is 146 Å². The van der Waals surface area contributed by atoms with Crippen molar-refractivity contribution in [1.29, 1.82) is 0 Å². The van der Waals surface area contributed by atoms with Crippen molar-refractivity contribution in [3.05, 3.63) is 24.8 Å². The zero-order valence-electron chi connectivity index (χ0n) is 14.4. The molecule has 2 aromatic rings. The van der Waals surface area contributed by atoms with E-state index in [1.165, 1.54) is 0 Å². The van der Waals surface area contributed by atoms with Crippen molar-refractivity contribution < 1.29 is 4.79 Å². The van der Waals surface area contributed by atoms with Gasteiger partial charge >= 0.3 is 0 Å². The highest BCUT2D eigenvalue weighted by molar-refractivity contribution is 5.78. The van der Waals surface area contributed by atoms with Crippen molar-refractivity contribution >= 4 is 11.7 Å². The van der Waals surface area contributed by atoms with E-state index in [1.54, 1.807) is 23.3 Å². The lowest BCUT2D eigenvalue weighted by Crippen LogP contribution is -2.50. The highest BCUT2D eigenvalue weighted by Crippen LogP contribution is 2.20. The fourth-order valence-electron chi connectivity index (χ4n) is 3.04. The van der Waals surface area contributed by atoms with Crippen LogP contribution in [-0.2, 0) is 11.8 Å². The number of hydrogen-bond acceptors (Lipinski definition) is 6. The molecule has 2 aliphatic rings. The minimum Gasteiger partial charge on any atom is -0.353 e. The number of amides is 1. The number of nitrogens with zero attached hydrogens (tertiary/aromatic N) is 6. The lowest BCUT2D eigenvalue weighted by atomic mass is 10.2. The molecule has 8 nitrogen and oxygen atoms in total. The highest BCUT2D eigenvalue weighted by Gasteiger charge is 2.25. The molecular weight excluding hydrogens is 318 g/mol. The number of anilines is 1.